The Kier molecular flexibility index (Phi) is 8.36. The number of hydrogen-bond donors (Lipinski definition) is 2. The molecule has 5 heteroatoms. The van der Waals surface area contributed by atoms with Crippen molar-refractivity contribution in [3.63, 3.8) is 0 Å². The van der Waals surface area contributed by atoms with E-state index in [2.05, 4.69) is 21.5 Å². The first kappa shape index (κ1) is 17.7. The minimum absolute atomic E-state index is 0.474. The lowest BCUT2D eigenvalue weighted by molar-refractivity contribution is 0.354. The second kappa shape index (κ2) is 10.4. The number of nitrogens with zero attached hydrogens (tertiary/aromatic N) is 1. The highest BCUT2D eigenvalue weighted by Gasteiger charge is 2.04. The number of methoxy groups -OCH3 is 2. The van der Waals surface area contributed by atoms with Gasteiger partial charge in [-0.3, -0.25) is 4.99 Å². The van der Waals surface area contributed by atoms with Gasteiger partial charge in [-0.25, -0.2) is 0 Å². The number of guanidine groups is 1. The van der Waals surface area contributed by atoms with Crippen LogP contribution in [0.25, 0.3) is 0 Å². The summed E-state index contributed by atoms with van der Waals surface area (Å²) in [4.78, 5) is 4.49. The fourth-order valence-electron chi connectivity index (χ4n) is 1.99. The molecule has 0 aliphatic carbocycles. The molecule has 120 valence electrons. The van der Waals surface area contributed by atoms with Gasteiger partial charge in [0.15, 0.2) is 17.5 Å². The third kappa shape index (κ3) is 5.96. The first-order chi connectivity index (χ1) is 10.7. The number of rotatable bonds is 8. The molecule has 0 aromatic heterocycles. The van der Waals surface area contributed by atoms with Crippen molar-refractivity contribution in [2.75, 3.05) is 33.9 Å². The third-order valence-corrected chi connectivity index (χ3v) is 3.04. The maximum Gasteiger partial charge on any atom is 0.192 e. The predicted octanol–water partition coefficient (Wildman–Crippen LogP) is 1.82. The van der Waals surface area contributed by atoms with Crippen LogP contribution < -0.4 is 20.1 Å². The molecule has 0 bridgehead atoms. The molecule has 2 N–H and O–H groups in total. The van der Waals surface area contributed by atoms with E-state index in [9.17, 15) is 0 Å². The van der Waals surface area contributed by atoms with Crippen molar-refractivity contribution in [1.82, 2.24) is 10.6 Å². The highest BCUT2D eigenvalue weighted by molar-refractivity contribution is 5.79. The van der Waals surface area contributed by atoms with Gasteiger partial charge in [0.1, 0.15) is 0 Å². The fraction of sp³-hybridized carbons (Fsp3) is 0.471. The van der Waals surface area contributed by atoms with Crippen molar-refractivity contribution < 1.29 is 9.47 Å². The molecule has 0 heterocycles. The topological polar surface area (TPSA) is 54.9 Å². The number of nitrogens with one attached hydrogen (secondary N) is 2. The summed E-state index contributed by atoms with van der Waals surface area (Å²) in [6.07, 6.45) is 7.11. The van der Waals surface area contributed by atoms with Gasteiger partial charge in [-0.15, -0.1) is 6.42 Å². The molecule has 1 aromatic carbocycles. The molecule has 0 amide bonds. The lowest BCUT2D eigenvalue weighted by Crippen LogP contribution is -2.37. The van der Waals surface area contributed by atoms with Crippen LogP contribution in [-0.2, 0) is 6.42 Å². The van der Waals surface area contributed by atoms with Crippen LogP contribution in [0, 0.1) is 12.3 Å². The van der Waals surface area contributed by atoms with Crippen LogP contribution in [0.5, 0.6) is 11.5 Å². The summed E-state index contributed by atoms with van der Waals surface area (Å²) in [6.45, 7) is 4.04. The number of ether oxygens (including phenoxy) is 2. The number of benzene rings is 1. The maximum atomic E-state index is 5.31. The quantitative estimate of drug-likeness (QED) is 0.333. The summed E-state index contributed by atoms with van der Waals surface area (Å²) in [5.41, 5.74) is 1.20. The molecule has 0 radical (unpaired) electrons. The Morgan fingerprint density at radius 1 is 1.23 bits per heavy atom. The number of aryl methyl sites for hydroxylation is 1. The van der Waals surface area contributed by atoms with E-state index in [1.165, 1.54) is 5.56 Å². The van der Waals surface area contributed by atoms with Crippen LogP contribution in [0.1, 0.15) is 18.9 Å². The van der Waals surface area contributed by atoms with Crippen molar-refractivity contribution in [3.05, 3.63) is 23.8 Å². The Balaban J connectivity index is 2.50. The van der Waals surface area contributed by atoms with E-state index in [-0.39, 0.29) is 0 Å². The Morgan fingerprint density at radius 3 is 2.64 bits per heavy atom. The van der Waals surface area contributed by atoms with E-state index in [0.29, 0.717) is 6.54 Å². The SMILES string of the molecule is C#CCNC(=NCCCc1ccc(OC)c(OC)c1)NCC. The summed E-state index contributed by atoms with van der Waals surface area (Å²) >= 11 is 0. The van der Waals surface area contributed by atoms with Crippen LogP contribution in [0.4, 0.5) is 0 Å². The van der Waals surface area contributed by atoms with Crippen molar-refractivity contribution >= 4 is 5.96 Å². The van der Waals surface area contributed by atoms with E-state index in [4.69, 9.17) is 15.9 Å². The second-order valence-electron chi connectivity index (χ2n) is 4.61. The number of hydrogen-bond acceptors (Lipinski definition) is 3. The van der Waals surface area contributed by atoms with Crippen LogP contribution in [0.2, 0.25) is 0 Å². The Hall–Kier alpha value is -2.35. The molecule has 0 aliphatic heterocycles. The zero-order chi connectivity index (χ0) is 16.2. The van der Waals surface area contributed by atoms with E-state index in [0.717, 1.165) is 43.4 Å². The molecule has 0 spiro atoms. The molecule has 0 saturated carbocycles. The summed E-state index contributed by atoms with van der Waals surface area (Å²) in [7, 11) is 3.28. The van der Waals surface area contributed by atoms with Crippen molar-refractivity contribution in [2.45, 2.75) is 19.8 Å². The summed E-state index contributed by atoms with van der Waals surface area (Å²) in [5, 5.41) is 6.22. The molecule has 1 rings (SSSR count). The van der Waals surface area contributed by atoms with Gasteiger partial charge in [0, 0.05) is 13.1 Å². The smallest absolute Gasteiger partial charge is 0.192 e. The first-order valence-corrected chi connectivity index (χ1v) is 7.41. The van der Waals surface area contributed by atoms with Gasteiger partial charge in [-0.2, -0.15) is 0 Å². The molecule has 5 nitrogen and oxygen atoms in total. The molecule has 1 aromatic rings. The van der Waals surface area contributed by atoms with Crippen LogP contribution in [0.15, 0.2) is 23.2 Å². The molecule has 0 unspecified atom stereocenters. The predicted molar refractivity (Wildman–Crippen MR) is 90.7 cm³/mol. The highest BCUT2D eigenvalue weighted by atomic mass is 16.5. The average molecular weight is 303 g/mol. The minimum atomic E-state index is 0.474. The standard InChI is InChI=1S/C17H25N3O2/c1-5-11-19-17(18-6-2)20-12-7-8-14-9-10-15(21-3)16(13-14)22-4/h1,9-10,13H,6-8,11-12H2,2-4H3,(H2,18,19,20). The Bertz CT molecular complexity index is 521. The summed E-state index contributed by atoms with van der Waals surface area (Å²) in [6, 6.07) is 5.98. The normalized spacial score (nSPS) is 10.7. The van der Waals surface area contributed by atoms with E-state index in [1.54, 1.807) is 14.2 Å². The second-order valence-corrected chi connectivity index (χ2v) is 4.61. The number of terminal acetylenes is 1. The van der Waals surface area contributed by atoms with Crippen molar-refractivity contribution in [1.29, 1.82) is 0 Å². The van der Waals surface area contributed by atoms with Crippen molar-refractivity contribution in [3.8, 4) is 23.8 Å². The lowest BCUT2D eigenvalue weighted by atomic mass is 10.1. The van der Waals surface area contributed by atoms with Crippen molar-refractivity contribution in [2.24, 2.45) is 4.99 Å². The van der Waals surface area contributed by atoms with Gasteiger partial charge in [0.25, 0.3) is 0 Å². The first-order valence-electron chi connectivity index (χ1n) is 7.41. The summed E-state index contributed by atoms with van der Waals surface area (Å²) < 4.78 is 10.5. The lowest BCUT2D eigenvalue weighted by Gasteiger charge is -2.10. The molecule has 0 atom stereocenters. The summed E-state index contributed by atoms with van der Waals surface area (Å²) in [5.74, 6) is 4.80. The molecule has 0 aliphatic rings. The zero-order valence-corrected chi connectivity index (χ0v) is 13.6. The Labute approximate surface area is 133 Å². The van der Waals surface area contributed by atoms with Crippen LogP contribution in [-0.4, -0.2) is 39.8 Å². The third-order valence-electron chi connectivity index (χ3n) is 3.04. The van der Waals surface area contributed by atoms with E-state index in [1.807, 2.05) is 25.1 Å². The van der Waals surface area contributed by atoms with Crippen LogP contribution >= 0.6 is 0 Å². The van der Waals surface area contributed by atoms with Gasteiger partial charge in [0.2, 0.25) is 0 Å². The van der Waals surface area contributed by atoms with Gasteiger partial charge < -0.3 is 20.1 Å². The van der Waals surface area contributed by atoms with Gasteiger partial charge in [0.05, 0.1) is 20.8 Å². The highest BCUT2D eigenvalue weighted by Crippen LogP contribution is 2.27. The molecule has 0 saturated heterocycles. The monoisotopic (exact) mass is 303 g/mol. The average Bonchev–Trinajstić information content (AvgIpc) is 2.56. The van der Waals surface area contributed by atoms with Gasteiger partial charge in [-0.05, 0) is 37.5 Å². The molecule has 22 heavy (non-hydrogen) atoms. The van der Waals surface area contributed by atoms with E-state index < -0.39 is 0 Å². The Morgan fingerprint density at radius 2 is 2.00 bits per heavy atom. The van der Waals surface area contributed by atoms with Crippen LogP contribution in [0.3, 0.4) is 0 Å². The maximum absolute atomic E-state index is 5.31. The van der Waals surface area contributed by atoms with E-state index >= 15 is 0 Å². The zero-order valence-electron chi connectivity index (χ0n) is 13.6. The minimum Gasteiger partial charge on any atom is -0.493 e. The molecule has 0 fully saturated rings. The largest absolute Gasteiger partial charge is 0.493 e. The molecular formula is C17H25N3O2. The number of aliphatic imine (C=N–C) groups is 1. The fourth-order valence-corrected chi connectivity index (χ4v) is 1.99. The van der Waals surface area contributed by atoms with Gasteiger partial charge in [-0.1, -0.05) is 12.0 Å². The van der Waals surface area contributed by atoms with Gasteiger partial charge >= 0.3 is 0 Å². The molecular weight excluding hydrogens is 278 g/mol.